The summed E-state index contributed by atoms with van der Waals surface area (Å²) >= 11 is 0. The summed E-state index contributed by atoms with van der Waals surface area (Å²) in [4.78, 5) is 13.7. The van der Waals surface area contributed by atoms with Gasteiger partial charge in [-0.25, -0.2) is 0 Å². The van der Waals surface area contributed by atoms with Crippen LogP contribution in [0.4, 0.5) is 11.4 Å². The molecule has 0 bridgehead atoms. The van der Waals surface area contributed by atoms with Crippen molar-refractivity contribution >= 4 is 17.3 Å². The first kappa shape index (κ1) is 11.9. The van der Waals surface area contributed by atoms with Crippen LogP contribution in [0.2, 0.25) is 0 Å². The fraction of sp³-hybridized carbons (Fsp3) is 0.462. The number of rotatable bonds is 3. The minimum absolute atomic E-state index is 0.0222. The van der Waals surface area contributed by atoms with E-state index in [-0.39, 0.29) is 12.5 Å². The minimum atomic E-state index is -0.144. The Balaban J connectivity index is 2.17. The Kier molecular flexibility index (Phi) is 3.98. The highest BCUT2D eigenvalue weighted by Crippen LogP contribution is 2.27. The second-order valence-electron chi connectivity index (χ2n) is 4.32. The number of para-hydroxylation sites is 2. The van der Waals surface area contributed by atoms with E-state index in [4.69, 9.17) is 5.73 Å². The van der Waals surface area contributed by atoms with Crippen LogP contribution in [0.25, 0.3) is 0 Å². The molecule has 1 aromatic rings. The molecule has 1 aromatic carbocycles. The molecule has 92 valence electrons. The fourth-order valence-electron chi connectivity index (χ4n) is 2.19. The SMILES string of the molecule is NCC(=O)Nc1ccccc1N1CCCCC1. The third-order valence-electron chi connectivity index (χ3n) is 3.06. The first-order valence-electron chi connectivity index (χ1n) is 6.15. The van der Waals surface area contributed by atoms with Crippen LogP contribution in [0.3, 0.4) is 0 Å². The van der Waals surface area contributed by atoms with E-state index >= 15 is 0 Å². The number of hydrogen-bond acceptors (Lipinski definition) is 3. The molecule has 0 atom stereocenters. The van der Waals surface area contributed by atoms with Crippen LogP contribution in [0.5, 0.6) is 0 Å². The molecule has 3 N–H and O–H groups in total. The zero-order chi connectivity index (χ0) is 12.1. The number of benzene rings is 1. The molecule has 1 amide bonds. The van der Waals surface area contributed by atoms with Crippen molar-refractivity contribution in [3.63, 3.8) is 0 Å². The van der Waals surface area contributed by atoms with Gasteiger partial charge in [0.15, 0.2) is 0 Å². The Labute approximate surface area is 102 Å². The maximum atomic E-state index is 11.4. The number of carbonyl (C=O) groups excluding carboxylic acids is 1. The summed E-state index contributed by atoms with van der Waals surface area (Å²) in [5.74, 6) is -0.144. The second-order valence-corrected chi connectivity index (χ2v) is 4.32. The molecular formula is C13H19N3O. The second kappa shape index (κ2) is 5.68. The normalized spacial score (nSPS) is 15.7. The van der Waals surface area contributed by atoms with Gasteiger partial charge in [-0.2, -0.15) is 0 Å². The Bertz CT molecular complexity index is 386. The predicted octanol–water partition coefficient (Wildman–Crippen LogP) is 1.57. The van der Waals surface area contributed by atoms with E-state index in [2.05, 4.69) is 16.3 Å². The van der Waals surface area contributed by atoms with E-state index in [0.717, 1.165) is 24.5 Å². The average molecular weight is 233 g/mol. The zero-order valence-corrected chi connectivity index (χ0v) is 9.98. The van der Waals surface area contributed by atoms with Crippen molar-refractivity contribution in [2.45, 2.75) is 19.3 Å². The Morgan fingerprint density at radius 3 is 2.65 bits per heavy atom. The van der Waals surface area contributed by atoms with Crippen LogP contribution >= 0.6 is 0 Å². The van der Waals surface area contributed by atoms with Crippen LogP contribution in [0.15, 0.2) is 24.3 Å². The average Bonchev–Trinajstić information content (AvgIpc) is 2.40. The van der Waals surface area contributed by atoms with Crippen LogP contribution < -0.4 is 16.0 Å². The number of carbonyl (C=O) groups is 1. The van der Waals surface area contributed by atoms with Gasteiger partial charge in [-0.1, -0.05) is 12.1 Å². The molecule has 1 aliphatic heterocycles. The summed E-state index contributed by atoms with van der Waals surface area (Å²) in [6.07, 6.45) is 3.74. The highest BCUT2D eigenvalue weighted by molar-refractivity contribution is 5.95. The summed E-state index contributed by atoms with van der Waals surface area (Å²) in [6.45, 7) is 2.15. The molecule has 0 saturated carbocycles. The molecule has 2 rings (SSSR count). The summed E-state index contributed by atoms with van der Waals surface area (Å²) in [5, 5.41) is 2.85. The van der Waals surface area contributed by atoms with E-state index in [1.54, 1.807) is 0 Å². The first-order chi connectivity index (χ1) is 8.31. The van der Waals surface area contributed by atoms with Crippen molar-refractivity contribution in [3.8, 4) is 0 Å². The zero-order valence-electron chi connectivity index (χ0n) is 9.98. The third kappa shape index (κ3) is 2.97. The minimum Gasteiger partial charge on any atom is -0.370 e. The maximum Gasteiger partial charge on any atom is 0.238 e. The Morgan fingerprint density at radius 1 is 1.24 bits per heavy atom. The molecule has 0 radical (unpaired) electrons. The molecule has 4 heteroatoms. The summed E-state index contributed by atoms with van der Waals surface area (Å²) < 4.78 is 0. The van der Waals surface area contributed by atoms with Crippen LogP contribution in [-0.4, -0.2) is 25.5 Å². The van der Waals surface area contributed by atoms with Gasteiger partial charge < -0.3 is 16.0 Å². The molecule has 17 heavy (non-hydrogen) atoms. The van der Waals surface area contributed by atoms with Crippen molar-refractivity contribution in [3.05, 3.63) is 24.3 Å². The fourth-order valence-corrected chi connectivity index (χ4v) is 2.19. The van der Waals surface area contributed by atoms with Crippen LogP contribution in [0.1, 0.15) is 19.3 Å². The van der Waals surface area contributed by atoms with E-state index in [1.165, 1.54) is 19.3 Å². The molecule has 1 aliphatic rings. The van der Waals surface area contributed by atoms with E-state index < -0.39 is 0 Å². The van der Waals surface area contributed by atoms with Gasteiger partial charge in [-0.15, -0.1) is 0 Å². The number of anilines is 2. The van der Waals surface area contributed by atoms with Crippen LogP contribution in [0, 0.1) is 0 Å². The van der Waals surface area contributed by atoms with Gasteiger partial charge in [0.25, 0.3) is 0 Å². The van der Waals surface area contributed by atoms with Gasteiger partial charge in [-0.3, -0.25) is 4.79 Å². The molecular weight excluding hydrogens is 214 g/mol. The van der Waals surface area contributed by atoms with Gasteiger partial charge >= 0.3 is 0 Å². The van der Waals surface area contributed by atoms with E-state index in [0.29, 0.717) is 0 Å². The maximum absolute atomic E-state index is 11.4. The van der Waals surface area contributed by atoms with Gasteiger partial charge in [-0.05, 0) is 31.4 Å². The summed E-state index contributed by atoms with van der Waals surface area (Å²) in [5.41, 5.74) is 7.29. The molecule has 4 nitrogen and oxygen atoms in total. The molecule has 1 heterocycles. The smallest absolute Gasteiger partial charge is 0.238 e. The van der Waals surface area contributed by atoms with Gasteiger partial charge in [0.05, 0.1) is 17.9 Å². The number of hydrogen-bond donors (Lipinski definition) is 2. The largest absolute Gasteiger partial charge is 0.370 e. The quantitative estimate of drug-likeness (QED) is 0.833. The lowest BCUT2D eigenvalue weighted by molar-refractivity contribution is -0.114. The van der Waals surface area contributed by atoms with Crippen molar-refractivity contribution in [1.29, 1.82) is 0 Å². The molecule has 1 fully saturated rings. The van der Waals surface area contributed by atoms with E-state index in [9.17, 15) is 4.79 Å². The Hall–Kier alpha value is -1.55. The summed E-state index contributed by atoms with van der Waals surface area (Å²) in [7, 11) is 0. The molecule has 0 aromatic heterocycles. The van der Waals surface area contributed by atoms with Crippen molar-refractivity contribution in [1.82, 2.24) is 0 Å². The van der Waals surface area contributed by atoms with Gasteiger partial charge in [0.2, 0.25) is 5.91 Å². The number of amides is 1. The lowest BCUT2D eigenvalue weighted by atomic mass is 10.1. The monoisotopic (exact) mass is 233 g/mol. The number of nitrogens with zero attached hydrogens (tertiary/aromatic N) is 1. The van der Waals surface area contributed by atoms with Crippen LogP contribution in [-0.2, 0) is 4.79 Å². The van der Waals surface area contributed by atoms with Crippen molar-refractivity contribution < 1.29 is 4.79 Å². The standard InChI is InChI=1S/C13H19N3O/c14-10-13(17)15-11-6-2-3-7-12(11)16-8-4-1-5-9-16/h2-3,6-7H,1,4-5,8-10,14H2,(H,15,17). The Morgan fingerprint density at radius 2 is 1.94 bits per heavy atom. The molecule has 0 aliphatic carbocycles. The highest BCUT2D eigenvalue weighted by atomic mass is 16.1. The van der Waals surface area contributed by atoms with Crippen molar-refractivity contribution in [2.75, 3.05) is 29.9 Å². The lowest BCUT2D eigenvalue weighted by Crippen LogP contribution is -2.31. The molecule has 0 unspecified atom stereocenters. The van der Waals surface area contributed by atoms with Gasteiger partial charge in [0, 0.05) is 13.1 Å². The van der Waals surface area contributed by atoms with E-state index in [1.807, 2.05) is 18.2 Å². The lowest BCUT2D eigenvalue weighted by Gasteiger charge is -2.30. The summed E-state index contributed by atoms with van der Waals surface area (Å²) in [6, 6.07) is 7.91. The highest BCUT2D eigenvalue weighted by Gasteiger charge is 2.14. The topological polar surface area (TPSA) is 58.4 Å². The molecule has 0 spiro atoms. The number of nitrogens with one attached hydrogen (secondary N) is 1. The first-order valence-corrected chi connectivity index (χ1v) is 6.15. The molecule has 1 saturated heterocycles. The number of nitrogens with two attached hydrogens (primary N) is 1. The van der Waals surface area contributed by atoms with Crippen molar-refractivity contribution in [2.24, 2.45) is 5.73 Å². The predicted molar refractivity (Wildman–Crippen MR) is 70.2 cm³/mol. The third-order valence-corrected chi connectivity index (χ3v) is 3.06. The van der Waals surface area contributed by atoms with Gasteiger partial charge in [0.1, 0.15) is 0 Å². The number of piperidine rings is 1.